The summed E-state index contributed by atoms with van der Waals surface area (Å²) in [4.78, 5) is 10.3. The molecule has 0 saturated carbocycles. The average Bonchev–Trinajstić information content (AvgIpc) is 1.83. The molecule has 0 heterocycles. The van der Waals surface area contributed by atoms with E-state index in [1.54, 1.807) is 20.8 Å². The molecule has 0 aliphatic heterocycles. The van der Waals surface area contributed by atoms with E-state index in [2.05, 4.69) is 10.8 Å². The van der Waals surface area contributed by atoms with Gasteiger partial charge < -0.3 is 15.6 Å². The number of nitrogens with one attached hydrogen (secondary N) is 2. The molecule has 4 N–H and O–H groups in total. The van der Waals surface area contributed by atoms with Crippen molar-refractivity contribution in [1.29, 1.82) is 0 Å². The van der Waals surface area contributed by atoms with E-state index in [0.29, 0.717) is 6.42 Å². The monoisotopic (exact) mass is 176 g/mol. The molecule has 1 unspecified atom stereocenters. The number of hydrogen-bond acceptors (Lipinski definition) is 3. The molecule has 0 rings (SSSR count). The maximum absolute atomic E-state index is 10.3. The van der Waals surface area contributed by atoms with E-state index in [9.17, 15) is 4.79 Å². The van der Waals surface area contributed by atoms with Gasteiger partial charge in [-0.25, -0.2) is 10.3 Å². The number of carbonyl (C=O) groups is 1. The smallest absolute Gasteiger partial charge is 0.405 e. The van der Waals surface area contributed by atoms with Gasteiger partial charge in [0.15, 0.2) is 0 Å². The van der Waals surface area contributed by atoms with Crippen LogP contribution in [0.15, 0.2) is 0 Å². The number of hydrogen-bond donors (Lipinski definition) is 4. The van der Waals surface area contributed by atoms with Gasteiger partial charge in [0, 0.05) is 11.6 Å². The van der Waals surface area contributed by atoms with Crippen LogP contribution < -0.4 is 10.8 Å². The van der Waals surface area contributed by atoms with Gasteiger partial charge in [-0.05, 0) is 27.2 Å². The summed E-state index contributed by atoms with van der Waals surface area (Å²) in [5.41, 5.74) is 1.53. The molecule has 0 aromatic heterocycles. The van der Waals surface area contributed by atoms with E-state index in [0.717, 1.165) is 0 Å². The quantitative estimate of drug-likeness (QED) is 0.477. The van der Waals surface area contributed by atoms with Gasteiger partial charge in [0.2, 0.25) is 0 Å². The Morgan fingerprint density at radius 1 is 1.58 bits per heavy atom. The molecule has 1 amide bonds. The molecule has 0 spiro atoms. The Labute approximate surface area is 71.7 Å². The highest BCUT2D eigenvalue weighted by Crippen LogP contribution is 2.10. The molecule has 0 radical (unpaired) electrons. The van der Waals surface area contributed by atoms with Gasteiger partial charge >= 0.3 is 6.09 Å². The molecule has 0 aliphatic carbocycles. The summed E-state index contributed by atoms with van der Waals surface area (Å²) >= 11 is 0. The molecular weight excluding hydrogens is 160 g/mol. The lowest BCUT2D eigenvalue weighted by Gasteiger charge is -2.27. The topological polar surface area (TPSA) is 81.6 Å². The van der Waals surface area contributed by atoms with Crippen molar-refractivity contribution < 1.29 is 15.1 Å². The normalized spacial score (nSPS) is 14.0. The van der Waals surface area contributed by atoms with Crippen LogP contribution in [0.2, 0.25) is 0 Å². The third-order valence-corrected chi connectivity index (χ3v) is 1.48. The van der Waals surface area contributed by atoms with Crippen LogP contribution in [0.4, 0.5) is 4.79 Å². The second kappa shape index (κ2) is 4.27. The van der Waals surface area contributed by atoms with Crippen LogP contribution in [0.5, 0.6) is 0 Å². The molecule has 0 aromatic carbocycles. The molecule has 1 atom stereocenters. The first-order valence-electron chi connectivity index (χ1n) is 3.78. The summed E-state index contributed by atoms with van der Waals surface area (Å²) in [5.74, 6) is 0. The minimum absolute atomic E-state index is 0.133. The van der Waals surface area contributed by atoms with E-state index < -0.39 is 11.6 Å². The van der Waals surface area contributed by atoms with Crippen molar-refractivity contribution in [2.45, 2.75) is 38.8 Å². The molecule has 12 heavy (non-hydrogen) atoms. The minimum atomic E-state index is -1.05. The number of carboxylic acid groups (broad SMARTS) is 1. The fourth-order valence-corrected chi connectivity index (χ4v) is 1.15. The van der Waals surface area contributed by atoms with E-state index >= 15 is 0 Å². The first-order chi connectivity index (χ1) is 5.37. The Bertz CT molecular complexity index is 159. The summed E-state index contributed by atoms with van der Waals surface area (Å²) in [6, 6.07) is -0.133. The Hall–Kier alpha value is -0.810. The third-order valence-electron chi connectivity index (χ3n) is 1.48. The lowest BCUT2D eigenvalue weighted by atomic mass is 9.97. The largest absolute Gasteiger partial charge is 0.465 e. The summed E-state index contributed by atoms with van der Waals surface area (Å²) in [6.07, 6.45) is -0.527. The zero-order chi connectivity index (χ0) is 9.78. The lowest BCUT2D eigenvalue weighted by Crippen LogP contribution is -2.46. The molecular formula is C7H16N2O3. The number of rotatable bonds is 4. The van der Waals surface area contributed by atoms with E-state index in [1.165, 1.54) is 0 Å². The Balaban J connectivity index is 3.94. The van der Waals surface area contributed by atoms with Gasteiger partial charge in [-0.15, -0.1) is 0 Å². The van der Waals surface area contributed by atoms with Crippen LogP contribution >= 0.6 is 0 Å². The fraction of sp³-hybridized carbons (Fsp3) is 0.857. The molecule has 72 valence electrons. The van der Waals surface area contributed by atoms with Crippen LogP contribution in [-0.4, -0.2) is 28.0 Å². The van der Waals surface area contributed by atoms with Crippen LogP contribution in [0.25, 0.3) is 0 Å². The molecule has 0 aromatic rings. The predicted molar refractivity (Wildman–Crippen MR) is 44.2 cm³/mol. The van der Waals surface area contributed by atoms with Gasteiger partial charge in [-0.3, -0.25) is 0 Å². The first-order valence-corrected chi connectivity index (χ1v) is 3.78. The highest BCUT2D eigenvalue weighted by atomic mass is 16.5. The lowest BCUT2D eigenvalue weighted by molar-refractivity contribution is 0.113. The summed E-state index contributed by atoms with van der Waals surface area (Å²) in [6.45, 7) is 5.29. The van der Waals surface area contributed by atoms with Gasteiger partial charge in [0.25, 0.3) is 0 Å². The Morgan fingerprint density at radius 3 is 2.42 bits per heavy atom. The van der Waals surface area contributed by atoms with E-state index in [4.69, 9.17) is 10.3 Å². The number of amides is 1. The van der Waals surface area contributed by atoms with Crippen molar-refractivity contribution >= 4 is 6.09 Å². The maximum atomic E-state index is 10.3. The van der Waals surface area contributed by atoms with Crippen molar-refractivity contribution in [3.63, 3.8) is 0 Å². The van der Waals surface area contributed by atoms with Gasteiger partial charge in [0.1, 0.15) is 0 Å². The fourth-order valence-electron chi connectivity index (χ4n) is 1.15. The molecule has 0 fully saturated rings. The van der Waals surface area contributed by atoms with Crippen molar-refractivity contribution in [2.75, 3.05) is 0 Å². The van der Waals surface area contributed by atoms with Crippen LogP contribution in [0, 0.1) is 0 Å². The number of hydroxylamine groups is 1. The second-order valence-electron chi connectivity index (χ2n) is 3.55. The maximum Gasteiger partial charge on any atom is 0.405 e. The van der Waals surface area contributed by atoms with Crippen molar-refractivity contribution in [2.24, 2.45) is 0 Å². The van der Waals surface area contributed by atoms with Gasteiger partial charge in [-0.1, -0.05) is 0 Å². The SMILES string of the molecule is CC(CC(C)(C)NC(=O)O)NO. The third kappa shape index (κ3) is 4.92. The summed E-state index contributed by atoms with van der Waals surface area (Å²) in [7, 11) is 0. The van der Waals surface area contributed by atoms with Crippen LogP contribution in [-0.2, 0) is 0 Å². The molecule has 0 saturated heterocycles. The molecule has 0 aliphatic rings. The zero-order valence-corrected chi connectivity index (χ0v) is 7.59. The molecule has 5 nitrogen and oxygen atoms in total. The van der Waals surface area contributed by atoms with E-state index in [1.807, 2.05) is 0 Å². The standard InChI is InChI=1S/C7H16N2O3/c1-5(9-12)4-7(2,3)8-6(10)11/h5,8-9,12H,4H2,1-3H3,(H,10,11). The summed E-state index contributed by atoms with van der Waals surface area (Å²) in [5, 5.41) is 19.3. The average molecular weight is 176 g/mol. The van der Waals surface area contributed by atoms with Crippen LogP contribution in [0.3, 0.4) is 0 Å². The second-order valence-corrected chi connectivity index (χ2v) is 3.55. The highest BCUT2D eigenvalue weighted by Gasteiger charge is 2.22. The predicted octanol–water partition coefficient (Wildman–Crippen LogP) is 0.790. The summed E-state index contributed by atoms with van der Waals surface area (Å²) < 4.78 is 0. The first kappa shape index (κ1) is 11.2. The molecule has 0 bridgehead atoms. The highest BCUT2D eigenvalue weighted by molar-refractivity contribution is 5.65. The molecule has 5 heteroatoms. The van der Waals surface area contributed by atoms with Crippen LogP contribution in [0.1, 0.15) is 27.2 Å². The van der Waals surface area contributed by atoms with Gasteiger partial charge in [-0.2, -0.15) is 0 Å². The Kier molecular flexibility index (Phi) is 3.99. The van der Waals surface area contributed by atoms with E-state index in [-0.39, 0.29) is 6.04 Å². The van der Waals surface area contributed by atoms with Crippen molar-refractivity contribution in [3.05, 3.63) is 0 Å². The Morgan fingerprint density at radius 2 is 2.08 bits per heavy atom. The van der Waals surface area contributed by atoms with Crippen molar-refractivity contribution in [3.8, 4) is 0 Å². The van der Waals surface area contributed by atoms with Crippen molar-refractivity contribution in [1.82, 2.24) is 10.8 Å². The minimum Gasteiger partial charge on any atom is -0.465 e. The van der Waals surface area contributed by atoms with Gasteiger partial charge in [0.05, 0.1) is 0 Å². The zero-order valence-electron chi connectivity index (χ0n) is 7.59.